The minimum absolute atomic E-state index is 0.157. The second-order valence-corrected chi connectivity index (χ2v) is 7.93. The lowest BCUT2D eigenvalue weighted by Crippen LogP contribution is -2.53. The van der Waals surface area contributed by atoms with Crippen LogP contribution < -0.4 is 5.32 Å². The van der Waals surface area contributed by atoms with Gasteiger partial charge in [0.25, 0.3) is 0 Å². The zero-order valence-corrected chi connectivity index (χ0v) is 16.0. The first-order valence-electron chi connectivity index (χ1n) is 8.52. The summed E-state index contributed by atoms with van der Waals surface area (Å²) in [5.41, 5.74) is -1.20. The Morgan fingerprint density at radius 3 is 2.32 bits per heavy atom. The maximum Gasteiger partial charge on any atom is 0.411 e. The molecule has 0 bridgehead atoms. The average molecular weight is 358 g/mol. The van der Waals surface area contributed by atoms with Gasteiger partial charge in [-0.1, -0.05) is 0 Å². The number of esters is 1. The number of cyclic esters (lactones) is 1. The summed E-state index contributed by atoms with van der Waals surface area (Å²) in [6.07, 6.45) is -0.177. The van der Waals surface area contributed by atoms with Crippen molar-refractivity contribution in [3.63, 3.8) is 0 Å². The fourth-order valence-corrected chi connectivity index (χ4v) is 2.24. The summed E-state index contributed by atoms with van der Waals surface area (Å²) >= 11 is 0. The largest absolute Gasteiger partial charge is 0.462 e. The highest BCUT2D eigenvalue weighted by molar-refractivity contribution is 5.82. The van der Waals surface area contributed by atoms with E-state index < -0.39 is 35.4 Å². The first kappa shape index (κ1) is 21.1. The molecule has 1 rings (SSSR count). The monoisotopic (exact) mass is 358 g/mol. The number of nitrogens with one attached hydrogen (secondary N) is 1. The Morgan fingerprint density at radius 2 is 1.76 bits per heavy atom. The number of hydrogen-bond donors (Lipinski definition) is 1. The van der Waals surface area contributed by atoms with Crippen LogP contribution in [0.2, 0.25) is 0 Å². The molecule has 1 saturated heterocycles. The van der Waals surface area contributed by atoms with E-state index in [4.69, 9.17) is 14.2 Å². The maximum atomic E-state index is 12.3. The molecule has 8 heteroatoms. The molecule has 1 fully saturated rings. The van der Waals surface area contributed by atoms with E-state index in [9.17, 15) is 14.4 Å². The fraction of sp³-hybridized carbons (Fsp3) is 0.824. The molecule has 2 amide bonds. The lowest BCUT2D eigenvalue weighted by atomic mass is 10.1. The third kappa shape index (κ3) is 8.09. The Morgan fingerprint density at radius 1 is 1.16 bits per heavy atom. The first-order valence-corrected chi connectivity index (χ1v) is 8.52. The molecule has 0 saturated carbocycles. The number of ether oxygens (including phenoxy) is 3. The van der Waals surface area contributed by atoms with Gasteiger partial charge in [0, 0.05) is 6.54 Å². The van der Waals surface area contributed by atoms with Gasteiger partial charge in [-0.2, -0.15) is 0 Å². The smallest absolute Gasteiger partial charge is 0.411 e. The van der Waals surface area contributed by atoms with Gasteiger partial charge in [0.2, 0.25) is 0 Å². The van der Waals surface area contributed by atoms with Gasteiger partial charge in [-0.15, -0.1) is 0 Å². The summed E-state index contributed by atoms with van der Waals surface area (Å²) in [6, 6.07) is -0.705. The number of hydrogen-bond acceptors (Lipinski definition) is 6. The van der Waals surface area contributed by atoms with E-state index in [-0.39, 0.29) is 6.61 Å². The normalized spacial score (nSPS) is 18.4. The molecule has 25 heavy (non-hydrogen) atoms. The van der Waals surface area contributed by atoms with Gasteiger partial charge in [0.15, 0.2) is 0 Å². The van der Waals surface area contributed by atoms with Crippen molar-refractivity contribution >= 4 is 18.2 Å². The van der Waals surface area contributed by atoms with Crippen molar-refractivity contribution in [1.82, 2.24) is 10.2 Å². The van der Waals surface area contributed by atoms with Crippen LogP contribution in [0, 0.1) is 0 Å². The molecule has 0 aromatic heterocycles. The van der Waals surface area contributed by atoms with E-state index in [0.29, 0.717) is 25.9 Å². The van der Waals surface area contributed by atoms with Crippen LogP contribution >= 0.6 is 0 Å². The summed E-state index contributed by atoms with van der Waals surface area (Å²) in [5.74, 6) is -0.450. The van der Waals surface area contributed by atoms with Crippen LogP contribution in [0.15, 0.2) is 0 Å². The second-order valence-electron chi connectivity index (χ2n) is 7.93. The SMILES string of the molecule is CC(C)(C)OC(=O)NCCCC1C(=O)OCCN1C(=O)OC(C)(C)C. The van der Waals surface area contributed by atoms with E-state index in [0.717, 1.165) is 0 Å². The topological polar surface area (TPSA) is 94.2 Å². The molecule has 144 valence electrons. The van der Waals surface area contributed by atoms with Crippen LogP contribution in [0.1, 0.15) is 54.4 Å². The zero-order valence-electron chi connectivity index (χ0n) is 16.0. The summed E-state index contributed by atoms with van der Waals surface area (Å²) < 4.78 is 15.5. The van der Waals surface area contributed by atoms with Gasteiger partial charge in [0.1, 0.15) is 23.9 Å². The Kier molecular flexibility index (Phi) is 7.07. The lowest BCUT2D eigenvalue weighted by molar-refractivity contribution is -0.157. The number of alkyl carbamates (subject to hydrolysis) is 1. The highest BCUT2D eigenvalue weighted by atomic mass is 16.6. The van der Waals surface area contributed by atoms with Gasteiger partial charge in [-0.05, 0) is 54.4 Å². The summed E-state index contributed by atoms with van der Waals surface area (Å²) in [7, 11) is 0. The van der Waals surface area contributed by atoms with Gasteiger partial charge in [-0.3, -0.25) is 4.90 Å². The van der Waals surface area contributed by atoms with E-state index >= 15 is 0 Å². The Hall–Kier alpha value is -1.99. The molecule has 1 aliphatic heterocycles. The lowest BCUT2D eigenvalue weighted by Gasteiger charge is -2.35. The molecular formula is C17H30N2O6. The molecule has 0 aliphatic carbocycles. The van der Waals surface area contributed by atoms with Gasteiger partial charge >= 0.3 is 18.2 Å². The number of amides is 2. The van der Waals surface area contributed by atoms with Crippen molar-refractivity contribution in [2.45, 2.75) is 71.6 Å². The zero-order chi connectivity index (χ0) is 19.3. The molecule has 0 spiro atoms. The first-order chi connectivity index (χ1) is 11.4. The van der Waals surface area contributed by atoms with Crippen LogP contribution in [0.4, 0.5) is 9.59 Å². The van der Waals surface area contributed by atoms with E-state index in [2.05, 4.69) is 5.32 Å². The molecule has 1 unspecified atom stereocenters. The molecule has 8 nitrogen and oxygen atoms in total. The predicted molar refractivity (Wildman–Crippen MR) is 91.2 cm³/mol. The minimum Gasteiger partial charge on any atom is -0.462 e. The summed E-state index contributed by atoms with van der Waals surface area (Å²) in [4.78, 5) is 37.3. The molecule has 0 radical (unpaired) electrons. The molecule has 1 N–H and O–H groups in total. The van der Waals surface area contributed by atoms with Gasteiger partial charge in [-0.25, -0.2) is 14.4 Å². The standard InChI is InChI=1S/C17H30N2O6/c1-16(2,3)24-14(21)18-9-7-8-12-13(20)23-11-10-19(12)15(22)25-17(4,5)6/h12H,7-11H2,1-6H3,(H,18,21). The van der Waals surface area contributed by atoms with E-state index in [1.807, 2.05) is 0 Å². The van der Waals surface area contributed by atoms with Crippen LogP contribution in [-0.4, -0.2) is 60.0 Å². The second kappa shape index (κ2) is 8.40. The van der Waals surface area contributed by atoms with Crippen molar-refractivity contribution in [2.75, 3.05) is 19.7 Å². The molecule has 0 aromatic carbocycles. The number of carbonyl (C=O) groups is 3. The fourth-order valence-electron chi connectivity index (χ4n) is 2.24. The number of rotatable bonds is 4. The van der Waals surface area contributed by atoms with Crippen LogP contribution in [0.5, 0.6) is 0 Å². The number of nitrogens with zero attached hydrogens (tertiary/aromatic N) is 1. The summed E-state index contributed by atoms with van der Waals surface area (Å²) in [6.45, 7) is 11.4. The average Bonchev–Trinajstić information content (AvgIpc) is 2.40. The molecule has 0 aromatic rings. The van der Waals surface area contributed by atoms with E-state index in [1.165, 1.54) is 4.90 Å². The van der Waals surface area contributed by atoms with Crippen molar-refractivity contribution in [3.8, 4) is 0 Å². The highest BCUT2D eigenvalue weighted by Crippen LogP contribution is 2.18. The minimum atomic E-state index is -0.705. The van der Waals surface area contributed by atoms with Crippen molar-refractivity contribution < 1.29 is 28.6 Å². The van der Waals surface area contributed by atoms with E-state index in [1.54, 1.807) is 41.5 Å². The Labute approximate surface area is 149 Å². The van der Waals surface area contributed by atoms with Crippen molar-refractivity contribution in [2.24, 2.45) is 0 Å². The quantitative estimate of drug-likeness (QED) is 0.471. The van der Waals surface area contributed by atoms with Crippen molar-refractivity contribution in [3.05, 3.63) is 0 Å². The Bertz CT molecular complexity index is 492. The number of carbonyl (C=O) groups excluding carboxylic acids is 3. The molecule has 1 heterocycles. The van der Waals surface area contributed by atoms with Crippen LogP contribution in [-0.2, 0) is 19.0 Å². The molecule has 1 atom stereocenters. The third-order valence-electron chi connectivity index (χ3n) is 3.18. The van der Waals surface area contributed by atoms with Crippen LogP contribution in [0.3, 0.4) is 0 Å². The molecule has 1 aliphatic rings. The summed E-state index contributed by atoms with van der Waals surface area (Å²) in [5, 5.41) is 2.63. The van der Waals surface area contributed by atoms with Gasteiger partial charge < -0.3 is 19.5 Å². The predicted octanol–water partition coefficient (Wildman–Crippen LogP) is 2.45. The Balaban J connectivity index is 2.51. The third-order valence-corrected chi connectivity index (χ3v) is 3.18. The van der Waals surface area contributed by atoms with Crippen molar-refractivity contribution in [1.29, 1.82) is 0 Å². The highest BCUT2D eigenvalue weighted by Gasteiger charge is 2.36. The van der Waals surface area contributed by atoms with Gasteiger partial charge in [0.05, 0.1) is 6.54 Å². The molecular weight excluding hydrogens is 328 g/mol. The maximum absolute atomic E-state index is 12.3. The van der Waals surface area contributed by atoms with Crippen LogP contribution in [0.25, 0.3) is 0 Å². The number of morpholine rings is 1.